The standard InChI is InChI=1S/C13H18N4O2S/c1-13(9-5-3-2-4-6-9)18-7-10(19-13)8-20-12(16)17-11(14)15/h2-6,10H,7-8H2,1H3,(H5,14,15,16,17). The molecule has 1 heterocycles. The minimum Gasteiger partial charge on any atom is -0.370 e. The minimum absolute atomic E-state index is 0.0712. The van der Waals surface area contributed by atoms with Crippen molar-refractivity contribution in [2.24, 2.45) is 16.5 Å². The molecule has 1 aromatic carbocycles. The molecule has 6 nitrogen and oxygen atoms in total. The number of nitrogens with two attached hydrogens (primary N) is 2. The summed E-state index contributed by atoms with van der Waals surface area (Å²) in [5.41, 5.74) is 11.4. The lowest BCUT2D eigenvalue weighted by molar-refractivity contribution is -0.159. The fourth-order valence-corrected chi connectivity index (χ4v) is 2.61. The third-order valence-corrected chi connectivity index (χ3v) is 3.77. The summed E-state index contributed by atoms with van der Waals surface area (Å²) < 4.78 is 11.7. The maximum Gasteiger partial charge on any atom is 0.193 e. The molecule has 0 radical (unpaired) electrons. The zero-order chi connectivity index (χ0) is 14.6. The average Bonchev–Trinajstić information content (AvgIpc) is 2.80. The third-order valence-electron chi connectivity index (χ3n) is 2.87. The Morgan fingerprint density at radius 3 is 2.80 bits per heavy atom. The van der Waals surface area contributed by atoms with Gasteiger partial charge < -0.3 is 20.9 Å². The van der Waals surface area contributed by atoms with Gasteiger partial charge in [0.1, 0.15) is 0 Å². The van der Waals surface area contributed by atoms with E-state index in [1.165, 1.54) is 11.8 Å². The number of ether oxygens (including phenoxy) is 2. The van der Waals surface area contributed by atoms with Gasteiger partial charge in [0.25, 0.3) is 0 Å². The van der Waals surface area contributed by atoms with Crippen LogP contribution in [0.2, 0.25) is 0 Å². The Labute approximate surface area is 122 Å². The Hall–Kier alpha value is -1.57. The van der Waals surface area contributed by atoms with E-state index in [1.54, 1.807) is 0 Å². The first-order chi connectivity index (χ1) is 9.49. The van der Waals surface area contributed by atoms with Gasteiger partial charge in [0.15, 0.2) is 16.9 Å². The zero-order valence-electron chi connectivity index (χ0n) is 11.2. The van der Waals surface area contributed by atoms with E-state index in [1.807, 2.05) is 37.3 Å². The second kappa shape index (κ2) is 6.25. The number of guanidine groups is 1. The van der Waals surface area contributed by atoms with Crippen LogP contribution in [0.4, 0.5) is 0 Å². The first-order valence-corrected chi connectivity index (χ1v) is 7.16. The van der Waals surface area contributed by atoms with Crippen LogP contribution in [-0.2, 0) is 15.3 Å². The number of benzene rings is 1. The van der Waals surface area contributed by atoms with E-state index in [0.717, 1.165) is 5.56 Å². The van der Waals surface area contributed by atoms with Gasteiger partial charge >= 0.3 is 0 Å². The Balaban J connectivity index is 1.90. The van der Waals surface area contributed by atoms with E-state index < -0.39 is 5.79 Å². The molecule has 1 fully saturated rings. The van der Waals surface area contributed by atoms with Crippen molar-refractivity contribution in [3.8, 4) is 0 Å². The number of hydrogen-bond donors (Lipinski definition) is 3. The van der Waals surface area contributed by atoms with Crippen LogP contribution < -0.4 is 11.5 Å². The van der Waals surface area contributed by atoms with Gasteiger partial charge in [0, 0.05) is 11.3 Å². The van der Waals surface area contributed by atoms with E-state index in [-0.39, 0.29) is 17.2 Å². The number of rotatable bonds is 3. The van der Waals surface area contributed by atoms with Crippen LogP contribution in [-0.4, -0.2) is 29.6 Å². The highest BCUT2D eigenvalue weighted by Gasteiger charge is 2.38. The molecule has 1 saturated heterocycles. The van der Waals surface area contributed by atoms with Crippen LogP contribution in [0.5, 0.6) is 0 Å². The third kappa shape index (κ3) is 3.72. The smallest absolute Gasteiger partial charge is 0.193 e. The molecule has 1 aliphatic rings. The monoisotopic (exact) mass is 294 g/mol. The van der Waals surface area contributed by atoms with Crippen molar-refractivity contribution in [3.05, 3.63) is 35.9 Å². The topological polar surface area (TPSA) is 107 Å². The second-order valence-corrected chi connectivity index (χ2v) is 5.52. The summed E-state index contributed by atoms with van der Waals surface area (Å²) in [7, 11) is 0. The Morgan fingerprint density at radius 2 is 2.15 bits per heavy atom. The molecule has 0 spiro atoms. The molecule has 0 aliphatic carbocycles. The van der Waals surface area contributed by atoms with Crippen molar-refractivity contribution in [1.29, 1.82) is 5.41 Å². The van der Waals surface area contributed by atoms with Crippen LogP contribution in [0.15, 0.2) is 35.3 Å². The summed E-state index contributed by atoms with van der Waals surface area (Å²) in [4.78, 5) is 3.65. The van der Waals surface area contributed by atoms with Crippen molar-refractivity contribution >= 4 is 22.9 Å². The van der Waals surface area contributed by atoms with E-state index in [0.29, 0.717) is 12.4 Å². The fraction of sp³-hybridized carbons (Fsp3) is 0.385. The highest BCUT2D eigenvalue weighted by Crippen LogP contribution is 2.34. The SMILES string of the molecule is CC1(c2ccccc2)OCC(CSC(=N)N=C(N)N)O1. The molecule has 1 aliphatic heterocycles. The maximum absolute atomic E-state index is 7.57. The molecule has 2 unspecified atom stereocenters. The first-order valence-electron chi connectivity index (χ1n) is 6.18. The maximum atomic E-state index is 7.57. The molecule has 5 N–H and O–H groups in total. The van der Waals surface area contributed by atoms with Crippen LogP contribution in [0, 0.1) is 5.41 Å². The lowest BCUT2D eigenvalue weighted by Crippen LogP contribution is -2.25. The van der Waals surface area contributed by atoms with Gasteiger partial charge in [-0.15, -0.1) is 0 Å². The molecule has 108 valence electrons. The molecule has 0 aromatic heterocycles. The predicted octanol–water partition coefficient (Wildman–Crippen LogP) is 1.22. The minimum atomic E-state index is -0.731. The molecule has 20 heavy (non-hydrogen) atoms. The average molecular weight is 294 g/mol. The number of hydrogen-bond acceptors (Lipinski definition) is 4. The number of amidine groups is 1. The number of aliphatic imine (C=N–C) groups is 1. The Bertz CT molecular complexity index is 504. The predicted molar refractivity (Wildman–Crippen MR) is 80.6 cm³/mol. The van der Waals surface area contributed by atoms with Crippen molar-refractivity contribution in [1.82, 2.24) is 0 Å². The summed E-state index contributed by atoms with van der Waals surface area (Å²) >= 11 is 1.23. The van der Waals surface area contributed by atoms with Crippen LogP contribution in [0.3, 0.4) is 0 Å². The molecule has 0 bridgehead atoms. The zero-order valence-corrected chi connectivity index (χ0v) is 12.0. The molecule has 7 heteroatoms. The summed E-state index contributed by atoms with van der Waals surface area (Å²) in [6.45, 7) is 2.38. The molecular weight excluding hydrogens is 276 g/mol. The lowest BCUT2D eigenvalue weighted by atomic mass is 10.1. The van der Waals surface area contributed by atoms with Gasteiger partial charge in [-0.2, -0.15) is 4.99 Å². The normalized spacial score (nSPS) is 25.4. The van der Waals surface area contributed by atoms with Gasteiger partial charge in [-0.3, -0.25) is 5.41 Å². The largest absolute Gasteiger partial charge is 0.370 e. The molecule has 2 rings (SSSR count). The summed E-state index contributed by atoms with van der Waals surface area (Å²) in [6, 6.07) is 9.78. The highest BCUT2D eigenvalue weighted by atomic mass is 32.2. The van der Waals surface area contributed by atoms with Crippen molar-refractivity contribution in [2.75, 3.05) is 12.4 Å². The highest BCUT2D eigenvalue weighted by molar-refractivity contribution is 8.13. The fourth-order valence-electron chi connectivity index (χ4n) is 1.93. The van der Waals surface area contributed by atoms with Gasteiger partial charge in [-0.25, -0.2) is 0 Å². The molecule has 0 saturated carbocycles. The number of nitrogens with zero attached hydrogens (tertiary/aromatic N) is 1. The quantitative estimate of drug-likeness (QED) is 0.574. The van der Waals surface area contributed by atoms with E-state index >= 15 is 0 Å². The number of nitrogens with one attached hydrogen (secondary N) is 1. The van der Waals surface area contributed by atoms with E-state index in [2.05, 4.69) is 4.99 Å². The van der Waals surface area contributed by atoms with Gasteiger partial charge in [0.05, 0.1) is 12.7 Å². The molecule has 0 amide bonds. The van der Waals surface area contributed by atoms with Gasteiger partial charge in [-0.1, -0.05) is 42.1 Å². The van der Waals surface area contributed by atoms with Crippen molar-refractivity contribution in [2.45, 2.75) is 18.8 Å². The molecular formula is C13H18N4O2S. The van der Waals surface area contributed by atoms with Crippen LogP contribution >= 0.6 is 11.8 Å². The van der Waals surface area contributed by atoms with E-state index in [4.69, 9.17) is 26.4 Å². The van der Waals surface area contributed by atoms with Crippen LogP contribution in [0.25, 0.3) is 0 Å². The van der Waals surface area contributed by atoms with Crippen molar-refractivity contribution < 1.29 is 9.47 Å². The lowest BCUT2D eigenvalue weighted by Gasteiger charge is -2.23. The number of thioether (sulfide) groups is 1. The Morgan fingerprint density at radius 1 is 1.45 bits per heavy atom. The van der Waals surface area contributed by atoms with Gasteiger partial charge in [0.2, 0.25) is 0 Å². The van der Waals surface area contributed by atoms with Crippen molar-refractivity contribution in [3.63, 3.8) is 0 Å². The summed E-state index contributed by atoms with van der Waals surface area (Å²) in [6.07, 6.45) is -0.0974. The second-order valence-electron chi connectivity index (χ2n) is 4.52. The van der Waals surface area contributed by atoms with Crippen LogP contribution in [0.1, 0.15) is 12.5 Å². The first kappa shape index (κ1) is 14.8. The van der Waals surface area contributed by atoms with E-state index in [9.17, 15) is 0 Å². The summed E-state index contributed by atoms with van der Waals surface area (Å²) in [5, 5.41) is 7.64. The Kier molecular flexibility index (Phi) is 4.64. The van der Waals surface area contributed by atoms with Gasteiger partial charge in [-0.05, 0) is 6.92 Å². The molecule has 1 aromatic rings. The molecule has 2 atom stereocenters. The summed E-state index contributed by atoms with van der Waals surface area (Å²) in [5.74, 6) is -0.275.